The van der Waals surface area contributed by atoms with Crippen LogP contribution in [0.5, 0.6) is 0 Å². The highest BCUT2D eigenvalue weighted by Crippen LogP contribution is 2.07. The summed E-state index contributed by atoms with van der Waals surface area (Å²) in [5.74, 6) is 0. The van der Waals surface area contributed by atoms with Crippen LogP contribution in [0.15, 0.2) is 36.4 Å². The van der Waals surface area contributed by atoms with Crippen LogP contribution >= 0.6 is 0 Å². The maximum atomic E-state index is 8.46. The lowest BCUT2D eigenvalue weighted by Crippen LogP contribution is -1.94. The van der Waals surface area contributed by atoms with E-state index in [0.29, 0.717) is 13.2 Å². The highest BCUT2D eigenvalue weighted by Gasteiger charge is 1.92. The highest BCUT2D eigenvalue weighted by atomic mass is 16.5. The third-order valence-electron chi connectivity index (χ3n) is 1.71. The maximum Gasteiger partial charge on any atom is 0.0721 e. The van der Waals surface area contributed by atoms with Gasteiger partial charge in [0.2, 0.25) is 0 Å². The molecule has 0 aliphatic carbocycles. The predicted molar refractivity (Wildman–Crippen MR) is 58.9 cm³/mol. The molecule has 0 saturated carbocycles. The summed E-state index contributed by atoms with van der Waals surface area (Å²) in [6.07, 6.45) is 3.44. The molecule has 3 nitrogen and oxygen atoms in total. The highest BCUT2D eigenvalue weighted by molar-refractivity contribution is 5.40. The van der Waals surface area contributed by atoms with Gasteiger partial charge in [-0.3, -0.25) is 0 Å². The predicted octanol–water partition coefficient (Wildman–Crippen LogP) is 1.58. The van der Waals surface area contributed by atoms with Gasteiger partial charge in [0.15, 0.2) is 0 Å². The summed E-state index contributed by atoms with van der Waals surface area (Å²) in [6, 6.07) is 7.59. The average Bonchev–Trinajstić information content (AvgIpc) is 2.18. The number of nitrogens with two attached hydrogens (primary N) is 1. The largest absolute Gasteiger partial charge is 0.399 e. The zero-order valence-electron chi connectivity index (χ0n) is 8.02. The Morgan fingerprint density at radius 3 is 3.00 bits per heavy atom. The smallest absolute Gasteiger partial charge is 0.0721 e. The lowest BCUT2D eigenvalue weighted by molar-refractivity contribution is 0.148. The Labute approximate surface area is 85.3 Å². The first kappa shape index (κ1) is 10.8. The van der Waals surface area contributed by atoms with E-state index in [2.05, 4.69) is 0 Å². The Hall–Kier alpha value is -1.32. The van der Waals surface area contributed by atoms with Crippen molar-refractivity contribution in [2.45, 2.75) is 6.61 Å². The van der Waals surface area contributed by atoms with Crippen molar-refractivity contribution < 1.29 is 11.3 Å². The van der Waals surface area contributed by atoms with Crippen LogP contribution in [0.1, 0.15) is 6.99 Å². The van der Waals surface area contributed by atoms with Crippen molar-refractivity contribution >= 4 is 5.69 Å². The van der Waals surface area contributed by atoms with Crippen LogP contribution in [0, 0.1) is 0 Å². The number of nitrogen functional groups attached to an aromatic ring is 1. The number of hydrogen-bond donors (Lipinski definition) is 2. The van der Waals surface area contributed by atoms with Gasteiger partial charge in [0.1, 0.15) is 0 Å². The number of benzene rings is 1. The molecule has 3 heteroatoms. The molecule has 0 amide bonds. The minimum absolute atomic E-state index is 0. The average molecular weight is 195 g/mol. The van der Waals surface area contributed by atoms with Crippen molar-refractivity contribution in [3.8, 4) is 0 Å². The van der Waals surface area contributed by atoms with Crippen molar-refractivity contribution in [1.29, 1.82) is 0 Å². The van der Waals surface area contributed by atoms with E-state index in [1.807, 2.05) is 24.3 Å². The van der Waals surface area contributed by atoms with Gasteiger partial charge in [0.25, 0.3) is 0 Å². The third kappa shape index (κ3) is 4.07. The van der Waals surface area contributed by atoms with E-state index in [4.69, 9.17) is 15.6 Å². The summed E-state index contributed by atoms with van der Waals surface area (Å²) >= 11 is 0. The van der Waals surface area contributed by atoms with E-state index in [1.54, 1.807) is 12.2 Å². The monoisotopic (exact) mass is 195 g/mol. The van der Waals surface area contributed by atoms with Crippen molar-refractivity contribution in [3.05, 3.63) is 42.0 Å². The Morgan fingerprint density at radius 1 is 1.43 bits per heavy atom. The van der Waals surface area contributed by atoms with Crippen molar-refractivity contribution in [2.24, 2.45) is 0 Å². The van der Waals surface area contributed by atoms with E-state index in [-0.39, 0.29) is 8.03 Å². The fraction of sp³-hybridized carbons (Fsp3) is 0.273. The van der Waals surface area contributed by atoms with Crippen LogP contribution in [-0.2, 0) is 11.3 Å². The molecule has 1 rings (SSSR count). The van der Waals surface area contributed by atoms with Gasteiger partial charge in [-0.1, -0.05) is 24.3 Å². The molecule has 0 radical (unpaired) electrons. The molecule has 14 heavy (non-hydrogen) atoms. The number of ether oxygens (including phenoxy) is 1. The summed E-state index contributed by atoms with van der Waals surface area (Å²) < 4.78 is 5.32. The second-order valence-electron chi connectivity index (χ2n) is 2.91. The third-order valence-corrected chi connectivity index (χ3v) is 1.71. The second-order valence-corrected chi connectivity index (χ2v) is 2.91. The zero-order chi connectivity index (χ0) is 10.2. The fourth-order valence-electron chi connectivity index (χ4n) is 1.07. The first-order chi connectivity index (χ1) is 6.83. The molecule has 0 aliphatic rings. The molecule has 0 atom stereocenters. The molecule has 3 N–H and O–H groups in total. The number of anilines is 1. The lowest BCUT2D eigenvalue weighted by Gasteiger charge is -2.02. The van der Waals surface area contributed by atoms with E-state index < -0.39 is 0 Å². The van der Waals surface area contributed by atoms with E-state index >= 15 is 0 Å². The van der Waals surface area contributed by atoms with Crippen molar-refractivity contribution in [3.63, 3.8) is 0 Å². The molecule has 0 fully saturated rings. The molecule has 0 aliphatic heterocycles. The van der Waals surface area contributed by atoms with Gasteiger partial charge in [0.05, 0.1) is 19.8 Å². The molecule has 0 aromatic heterocycles. The molecule has 1 aromatic rings. The molecule has 0 saturated heterocycles. The normalized spacial score (nSPS) is 10.9. The lowest BCUT2D eigenvalue weighted by atomic mass is 10.2. The van der Waals surface area contributed by atoms with Crippen molar-refractivity contribution in [2.75, 3.05) is 18.9 Å². The van der Waals surface area contributed by atoms with Crippen LogP contribution in [0.3, 0.4) is 0 Å². The van der Waals surface area contributed by atoms with E-state index in [9.17, 15) is 0 Å². The molecule has 0 spiro atoms. The second kappa shape index (κ2) is 6.18. The van der Waals surface area contributed by atoms with Crippen LogP contribution in [0.25, 0.3) is 0 Å². The van der Waals surface area contributed by atoms with Crippen molar-refractivity contribution in [1.82, 2.24) is 0 Å². The first-order valence-electron chi connectivity index (χ1n) is 4.51. The molecule has 0 unspecified atom stereocenters. The molecular formula is C11H17NO2. The topological polar surface area (TPSA) is 55.5 Å². The molecule has 0 heterocycles. The maximum absolute atomic E-state index is 8.46. The number of hydrogen-bond acceptors (Lipinski definition) is 3. The molecule has 1 aromatic carbocycles. The number of rotatable bonds is 5. The molecule has 0 bridgehead atoms. The fourth-order valence-corrected chi connectivity index (χ4v) is 1.07. The quantitative estimate of drug-likeness (QED) is 0.426. The summed E-state index contributed by atoms with van der Waals surface area (Å²) in [6.45, 7) is 1.11. The van der Waals surface area contributed by atoms with E-state index in [0.717, 1.165) is 11.3 Å². The summed E-state index contributed by atoms with van der Waals surface area (Å²) in [7, 11) is 0. The summed E-state index contributed by atoms with van der Waals surface area (Å²) in [5.41, 5.74) is 7.41. The van der Waals surface area contributed by atoms with Crippen LogP contribution in [-0.4, -0.2) is 18.3 Å². The van der Waals surface area contributed by atoms with Gasteiger partial charge >= 0.3 is 0 Å². The van der Waals surface area contributed by atoms with Gasteiger partial charge in [0, 0.05) is 7.11 Å². The van der Waals surface area contributed by atoms with Crippen LogP contribution < -0.4 is 5.73 Å². The minimum Gasteiger partial charge on any atom is -0.399 e. The van der Waals surface area contributed by atoms with Crippen LogP contribution in [0.2, 0.25) is 0 Å². The molecular weight excluding hydrogens is 178 g/mol. The van der Waals surface area contributed by atoms with Crippen LogP contribution in [0.4, 0.5) is 5.69 Å². The Morgan fingerprint density at radius 2 is 2.29 bits per heavy atom. The minimum atomic E-state index is 0. The Bertz CT molecular complexity index is 302. The van der Waals surface area contributed by atoms with Gasteiger partial charge in [-0.05, 0) is 17.7 Å². The SMILES string of the molecule is Nc1cccc(COC/C=C\CO)c1.[HH]. The summed E-state index contributed by atoms with van der Waals surface area (Å²) in [4.78, 5) is 0. The first-order valence-corrected chi connectivity index (χ1v) is 4.51. The van der Waals surface area contributed by atoms with Gasteiger partial charge in [-0.25, -0.2) is 0 Å². The number of aliphatic hydroxyl groups excluding tert-OH is 1. The zero-order valence-corrected chi connectivity index (χ0v) is 8.02. The van der Waals surface area contributed by atoms with Gasteiger partial charge in [-0.2, -0.15) is 0 Å². The van der Waals surface area contributed by atoms with Gasteiger partial charge < -0.3 is 15.6 Å². The number of aliphatic hydroxyl groups is 1. The molecule has 78 valence electrons. The van der Waals surface area contributed by atoms with Gasteiger partial charge in [-0.15, -0.1) is 0 Å². The summed E-state index contributed by atoms with van der Waals surface area (Å²) in [5, 5.41) is 8.46. The van der Waals surface area contributed by atoms with E-state index in [1.165, 1.54) is 0 Å². The Balaban J connectivity index is 0.00000196. The Kier molecular flexibility index (Phi) is 4.75. The standard InChI is InChI=1S/C11H15NO2.H2/c12-11-5-3-4-10(8-11)9-14-7-2-1-6-13;/h1-5,8,13H,6-7,9,12H2;1H/b2-1-;.